The maximum atomic E-state index is 11.7. The minimum atomic E-state index is -0.324. The third kappa shape index (κ3) is 1.59. The van der Waals surface area contributed by atoms with Gasteiger partial charge in [-0.05, 0) is 35.9 Å². The molecule has 0 spiro atoms. The van der Waals surface area contributed by atoms with Gasteiger partial charge in [-0.15, -0.1) is 5.10 Å². The molecular weight excluding hydrogens is 228 g/mol. The van der Waals surface area contributed by atoms with Gasteiger partial charge in [0.05, 0.1) is 17.3 Å². The average molecular weight is 235 g/mol. The van der Waals surface area contributed by atoms with Crippen LogP contribution in [0.2, 0.25) is 5.28 Å². The van der Waals surface area contributed by atoms with E-state index in [2.05, 4.69) is 5.10 Å². The van der Waals surface area contributed by atoms with Crippen LogP contribution in [0.15, 0.2) is 29.1 Å². The number of aromatic nitrogens is 3. The number of benzene rings is 1. The van der Waals surface area contributed by atoms with Crippen molar-refractivity contribution in [3.05, 3.63) is 45.6 Å². The Morgan fingerprint density at radius 3 is 2.44 bits per heavy atom. The van der Waals surface area contributed by atoms with Gasteiger partial charge in [0.25, 0.3) is 0 Å². The molecule has 0 radical (unpaired) electrons. The molecule has 0 aliphatic carbocycles. The first kappa shape index (κ1) is 10.5. The molecule has 0 saturated carbocycles. The van der Waals surface area contributed by atoms with Gasteiger partial charge < -0.3 is 0 Å². The molecule has 1 heterocycles. The molecule has 2 rings (SSSR count). The standard InChI is InChI=1S/C10H7ClN4O/c1-14-10(16)15(9(11)13-14)8-4-2-7(6-12)3-5-8/h2-5H,1H3. The second kappa shape index (κ2) is 3.83. The van der Waals surface area contributed by atoms with E-state index in [9.17, 15) is 4.79 Å². The van der Waals surface area contributed by atoms with Gasteiger partial charge in [-0.25, -0.2) is 14.0 Å². The van der Waals surface area contributed by atoms with E-state index in [0.29, 0.717) is 11.3 Å². The van der Waals surface area contributed by atoms with Gasteiger partial charge in [0.2, 0.25) is 5.28 Å². The molecule has 0 saturated heterocycles. The summed E-state index contributed by atoms with van der Waals surface area (Å²) < 4.78 is 2.42. The van der Waals surface area contributed by atoms with Crippen molar-refractivity contribution in [1.82, 2.24) is 14.3 Å². The Balaban J connectivity index is 2.60. The lowest BCUT2D eigenvalue weighted by molar-refractivity contribution is 0.726. The van der Waals surface area contributed by atoms with Gasteiger partial charge in [-0.1, -0.05) is 0 Å². The summed E-state index contributed by atoms with van der Waals surface area (Å²) in [6.07, 6.45) is 0. The van der Waals surface area contributed by atoms with Gasteiger partial charge in [-0.3, -0.25) is 0 Å². The molecule has 0 amide bonds. The fraction of sp³-hybridized carbons (Fsp3) is 0.100. The van der Waals surface area contributed by atoms with E-state index in [0.717, 1.165) is 4.68 Å². The summed E-state index contributed by atoms with van der Waals surface area (Å²) in [7, 11) is 1.52. The summed E-state index contributed by atoms with van der Waals surface area (Å²) in [5, 5.41) is 12.5. The fourth-order valence-corrected chi connectivity index (χ4v) is 1.62. The summed E-state index contributed by atoms with van der Waals surface area (Å²) in [5.41, 5.74) is 0.786. The molecule has 80 valence electrons. The van der Waals surface area contributed by atoms with Crippen LogP contribution in [-0.4, -0.2) is 14.3 Å². The van der Waals surface area contributed by atoms with Crippen molar-refractivity contribution in [2.24, 2.45) is 7.05 Å². The van der Waals surface area contributed by atoms with Crippen LogP contribution in [0, 0.1) is 11.3 Å². The third-order valence-corrected chi connectivity index (χ3v) is 2.38. The highest BCUT2D eigenvalue weighted by molar-refractivity contribution is 6.28. The van der Waals surface area contributed by atoms with Gasteiger partial charge in [0, 0.05) is 7.05 Å². The lowest BCUT2D eigenvalue weighted by Crippen LogP contribution is -2.21. The minimum absolute atomic E-state index is 0.0946. The van der Waals surface area contributed by atoms with Crippen molar-refractivity contribution in [3.63, 3.8) is 0 Å². The Morgan fingerprint density at radius 1 is 1.38 bits per heavy atom. The molecule has 1 aromatic heterocycles. The average Bonchev–Trinajstić information content (AvgIpc) is 2.54. The van der Waals surface area contributed by atoms with E-state index in [4.69, 9.17) is 16.9 Å². The highest BCUT2D eigenvalue weighted by Crippen LogP contribution is 2.11. The summed E-state index contributed by atoms with van der Waals surface area (Å²) >= 11 is 5.82. The van der Waals surface area contributed by atoms with Gasteiger partial charge in [0.1, 0.15) is 0 Å². The summed E-state index contributed by atoms with van der Waals surface area (Å²) in [6, 6.07) is 8.52. The lowest BCUT2D eigenvalue weighted by atomic mass is 10.2. The second-order valence-corrected chi connectivity index (χ2v) is 3.51. The smallest absolute Gasteiger partial charge is 0.246 e. The minimum Gasteiger partial charge on any atom is -0.246 e. The Hall–Kier alpha value is -2.06. The Bertz CT molecular complexity index is 618. The zero-order valence-corrected chi connectivity index (χ0v) is 9.14. The molecule has 5 nitrogen and oxygen atoms in total. The maximum Gasteiger partial charge on any atom is 0.351 e. The fourth-order valence-electron chi connectivity index (χ4n) is 1.34. The number of aryl methyl sites for hydroxylation is 1. The van der Waals surface area contributed by atoms with E-state index in [-0.39, 0.29) is 11.0 Å². The van der Waals surface area contributed by atoms with E-state index in [1.54, 1.807) is 24.3 Å². The van der Waals surface area contributed by atoms with Crippen LogP contribution in [-0.2, 0) is 7.05 Å². The van der Waals surface area contributed by atoms with Crippen LogP contribution in [0.5, 0.6) is 0 Å². The van der Waals surface area contributed by atoms with Crippen molar-refractivity contribution in [2.45, 2.75) is 0 Å². The Morgan fingerprint density at radius 2 is 2.00 bits per heavy atom. The lowest BCUT2D eigenvalue weighted by Gasteiger charge is -2.00. The van der Waals surface area contributed by atoms with Crippen molar-refractivity contribution >= 4 is 11.6 Å². The first-order valence-electron chi connectivity index (χ1n) is 4.45. The molecule has 0 unspecified atom stereocenters. The SMILES string of the molecule is Cn1nc(Cl)n(-c2ccc(C#N)cc2)c1=O. The van der Waals surface area contributed by atoms with Crippen LogP contribution in [0.1, 0.15) is 5.56 Å². The van der Waals surface area contributed by atoms with Gasteiger partial charge in [-0.2, -0.15) is 5.26 Å². The number of halogens is 1. The normalized spacial score (nSPS) is 10.1. The summed E-state index contributed by atoms with van der Waals surface area (Å²) in [6.45, 7) is 0. The number of nitrogens with zero attached hydrogens (tertiary/aromatic N) is 4. The second-order valence-electron chi connectivity index (χ2n) is 3.17. The molecule has 0 bridgehead atoms. The molecule has 0 N–H and O–H groups in total. The summed E-state index contributed by atoms with van der Waals surface area (Å²) in [5.74, 6) is 0. The molecule has 16 heavy (non-hydrogen) atoms. The molecular formula is C10H7ClN4O. The van der Waals surface area contributed by atoms with E-state index >= 15 is 0 Å². The zero-order valence-electron chi connectivity index (χ0n) is 8.38. The predicted octanol–water partition coefficient (Wildman–Crippen LogP) is 1.10. The van der Waals surface area contributed by atoms with Crippen LogP contribution < -0.4 is 5.69 Å². The van der Waals surface area contributed by atoms with Crippen LogP contribution in [0.25, 0.3) is 5.69 Å². The Labute approximate surface area is 96.1 Å². The number of nitriles is 1. The van der Waals surface area contributed by atoms with Gasteiger partial charge in [0.15, 0.2) is 0 Å². The monoisotopic (exact) mass is 234 g/mol. The van der Waals surface area contributed by atoms with Gasteiger partial charge >= 0.3 is 5.69 Å². The van der Waals surface area contributed by atoms with Crippen molar-refractivity contribution in [1.29, 1.82) is 5.26 Å². The van der Waals surface area contributed by atoms with Crippen LogP contribution in [0.4, 0.5) is 0 Å². The molecule has 0 aliphatic heterocycles. The summed E-state index contributed by atoms with van der Waals surface area (Å²) in [4.78, 5) is 11.7. The molecule has 0 aliphatic rings. The number of hydrogen-bond acceptors (Lipinski definition) is 3. The van der Waals surface area contributed by atoms with Crippen molar-refractivity contribution < 1.29 is 0 Å². The molecule has 1 aromatic carbocycles. The van der Waals surface area contributed by atoms with Crippen molar-refractivity contribution in [2.75, 3.05) is 0 Å². The molecule has 0 atom stereocenters. The molecule has 6 heteroatoms. The molecule has 2 aromatic rings. The molecule has 0 fully saturated rings. The largest absolute Gasteiger partial charge is 0.351 e. The third-order valence-electron chi connectivity index (χ3n) is 2.14. The van der Waals surface area contributed by atoms with Crippen molar-refractivity contribution in [3.8, 4) is 11.8 Å². The number of rotatable bonds is 1. The van der Waals surface area contributed by atoms with Crippen LogP contribution in [0.3, 0.4) is 0 Å². The predicted molar refractivity (Wildman–Crippen MR) is 58.5 cm³/mol. The highest BCUT2D eigenvalue weighted by Gasteiger charge is 2.10. The number of hydrogen-bond donors (Lipinski definition) is 0. The first-order valence-corrected chi connectivity index (χ1v) is 4.83. The van der Waals surface area contributed by atoms with Crippen LogP contribution >= 0.6 is 11.6 Å². The van der Waals surface area contributed by atoms with E-state index in [1.807, 2.05) is 6.07 Å². The Kier molecular flexibility index (Phi) is 2.50. The topological polar surface area (TPSA) is 63.6 Å². The highest BCUT2D eigenvalue weighted by atomic mass is 35.5. The maximum absolute atomic E-state index is 11.7. The van der Waals surface area contributed by atoms with E-state index < -0.39 is 0 Å². The zero-order chi connectivity index (χ0) is 11.7. The first-order chi connectivity index (χ1) is 7.63. The quantitative estimate of drug-likeness (QED) is 0.742. The van der Waals surface area contributed by atoms with E-state index in [1.165, 1.54) is 11.6 Å².